The van der Waals surface area contributed by atoms with Crippen molar-refractivity contribution in [2.24, 2.45) is 11.0 Å². The van der Waals surface area contributed by atoms with Crippen LogP contribution in [0.2, 0.25) is 5.04 Å². The van der Waals surface area contributed by atoms with E-state index >= 15 is 0 Å². The zero-order chi connectivity index (χ0) is 23.4. The van der Waals surface area contributed by atoms with Crippen molar-refractivity contribution in [1.82, 2.24) is 0 Å². The molecule has 8 heteroatoms. The van der Waals surface area contributed by atoms with Crippen LogP contribution in [0, 0.1) is 5.92 Å². The first-order chi connectivity index (χ1) is 15.3. The molecule has 1 fully saturated rings. The summed E-state index contributed by atoms with van der Waals surface area (Å²) in [5.74, 6) is -0.0972. The molecule has 0 aliphatic carbocycles. The highest BCUT2D eigenvalue weighted by atomic mass is 32.2. The number of rotatable bonds is 7. The van der Waals surface area contributed by atoms with E-state index in [4.69, 9.17) is 14.7 Å². The van der Waals surface area contributed by atoms with Gasteiger partial charge in [-0.3, -0.25) is 0 Å². The normalized spacial score (nSPS) is 26.4. The van der Waals surface area contributed by atoms with E-state index < -0.39 is 26.6 Å². The van der Waals surface area contributed by atoms with Crippen molar-refractivity contribution in [2.45, 2.75) is 56.4 Å². The first kappa shape index (κ1) is 24.8. The molecule has 1 aliphatic rings. The van der Waals surface area contributed by atoms with Crippen molar-refractivity contribution in [3.8, 4) is 0 Å². The molecule has 172 valence electrons. The number of nitrogens with zero attached hydrogens (tertiary/aromatic N) is 3. The Balaban J connectivity index is 2.02. The largest absolute Gasteiger partial charge is 0.405 e. The summed E-state index contributed by atoms with van der Waals surface area (Å²) in [4.78, 5) is 2.97. The Bertz CT molecular complexity index is 880. The summed E-state index contributed by atoms with van der Waals surface area (Å²) in [6, 6.07) is 20.2. The van der Waals surface area contributed by atoms with E-state index in [-0.39, 0.29) is 23.0 Å². The van der Waals surface area contributed by atoms with Crippen molar-refractivity contribution in [2.75, 3.05) is 12.9 Å². The van der Waals surface area contributed by atoms with E-state index in [0.717, 1.165) is 0 Å². The van der Waals surface area contributed by atoms with Gasteiger partial charge in [-0.2, -0.15) is 0 Å². The lowest BCUT2D eigenvalue weighted by molar-refractivity contribution is -0.132. The Morgan fingerprint density at radius 1 is 1.09 bits per heavy atom. The number of aliphatic hydroxyl groups is 1. The van der Waals surface area contributed by atoms with Crippen LogP contribution >= 0.6 is 11.8 Å². The summed E-state index contributed by atoms with van der Waals surface area (Å²) >= 11 is 1.56. The quantitative estimate of drug-likeness (QED) is 0.282. The topological polar surface area (TPSA) is 87.5 Å². The van der Waals surface area contributed by atoms with Gasteiger partial charge in [-0.15, -0.1) is 11.8 Å². The van der Waals surface area contributed by atoms with E-state index in [9.17, 15) is 5.11 Å². The average molecular weight is 472 g/mol. The predicted molar refractivity (Wildman–Crippen MR) is 134 cm³/mol. The number of hydrogen-bond acceptors (Lipinski definition) is 5. The van der Waals surface area contributed by atoms with Gasteiger partial charge in [0.1, 0.15) is 11.5 Å². The average Bonchev–Trinajstić information content (AvgIpc) is 2.79. The summed E-state index contributed by atoms with van der Waals surface area (Å²) in [6.45, 7) is 8.81. The van der Waals surface area contributed by atoms with Crippen LogP contribution in [0.3, 0.4) is 0 Å². The minimum absolute atomic E-state index is 0.0972. The molecule has 1 N–H and O–H groups in total. The zero-order valence-electron chi connectivity index (χ0n) is 19.4. The second kappa shape index (κ2) is 10.4. The molecule has 0 amide bonds. The maximum absolute atomic E-state index is 11.0. The Kier molecular flexibility index (Phi) is 8.09. The van der Waals surface area contributed by atoms with E-state index in [1.807, 2.05) is 49.6 Å². The number of thioether (sulfide) groups is 1. The first-order valence-corrected chi connectivity index (χ1v) is 14.1. The van der Waals surface area contributed by atoms with Crippen molar-refractivity contribution in [3.63, 3.8) is 0 Å². The van der Waals surface area contributed by atoms with Crippen molar-refractivity contribution in [3.05, 3.63) is 71.1 Å². The molecule has 0 aromatic heterocycles. The Morgan fingerprint density at radius 3 is 2.06 bits per heavy atom. The van der Waals surface area contributed by atoms with Gasteiger partial charge in [-0.05, 0) is 27.2 Å². The van der Waals surface area contributed by atoms with Gasteiger partial charge in [0.05, 0.1) is 18.8 Å². The highest BCUT2D eigenvalue weighted by Crippen LogP contribution is 2.38. The molecule has 5 atom stereocenters. The zero-order valence-corrected chi connectivity index (χ0v) is 21.2. The minimum Gasteiger partial charge on any atom is -0.405 e. The van der Waals surface area contributed by atoms with Gasteiger partial charge in [0.15, 0.2) is 0 Å². The third-order valence-corrected chi connectivity index (χ3v) is 12.3. The fraction of sp³-hybridized carbons (Fsp3) is 0.500. The molecule has 1 saturated heterocycles. The van der Waals surface area contributed by atoms with Gasteiger partial charge in [0.2, 0.25) is 0 Å². The highest BCUT2D eigenvalue weighted by molar-refractivity contribution is 7.99. The third-order valence-electron chi connectivity index (χ3n) is 6.31. The van der Waals surface area contributed by atoms with Crippen LogP contribution in [0.1, 0.15) is 27.7 Å². The van der Waals surface area contributed by atoms with Crippen LogP contribution in [-0.4, -0.2) is 50.0 Å². The highest BCUT2D eigenvalue weighted by Gasteiger charge is 2.51. The maximum atomic E-state index is 11.0. The van der Waals surface area contributed by atoms with Gasteiger partial charge < -0.3 is 14.3 Å². The summed E-state index contributed by atoms with van der Waals surface area (Å²) in [5, 5.41) is 17.1. The lowest BCUT2D eigenvalue weighted by atomic mass is 9.92. The summed E-state index contributed by atoms with van der Waals surface area (Å²) < 4.78 is 13.2. The predicted octanol–water partition coefficient (Wildman–Crippen LogP) is 4.33. The molecule has 2 unspecified atom stereocenters. The molecule has 32 heavy (non-hydrogen) atoms. The molecule has 2 aromatic rings. The minimum atomic E-state index is -2.75. The molecular weight excluding hydrogens is 438 g/mol. The van der Waals surface area contributed by atoms with Crippen molar-refractivity contribution >= 4 is 30.5 Å². The van der Waals surface area contributed by atoms with Crippen LogP contribution in [0.15, 0.2) is 65.8 Å². The van der Waals surface area contributed by atoms with Crippen LogP contribution in [0.25, 0.3) is 10.4 Å². The molecule has 0 bridgehead atoms. The molecule has 1 aliphatic heterocycles. The second-order valence-electron chi connectivity index (χ2n) is 9.30. The molecule has 1 heterocycles. The molecule has 3 rings (SSSR count). The Labute approximate surface area is 196 Å². The summed E-state index contributed by atoms with van der Waals surface area (Å²) in [5.41, 5.74) is 8.86. The standard InChI is InChI=1S/C24H33N3O3SSi/c1-17-21(26-27-25)22(28)20(30-23(17)31-5)16-29-32(24(2,3)4,18-12-8-6-9-13-18)19-14-10-7-11-15-19/h6-15,17,20-23,28H,16H2,1-5H3/t17?,20?,21-,22+,23+/m1/s1. The molecular formula is C24H33N3O3SSi. The number of azide groups is 1. The van der Waals surface area contributed by atoms with E-state index in [2.05, 4.69) is 55.1 Å². The number of ether oxygens (including phenoxy) is 1. The van der Waals surface area contributed by atoms with Crippen LogP contribution in [0.4, 0.5) is 0 Å². The van der Waals surface area contributed by atoms with Gasteiger partial charge in [-0.25, -0.2) is 0 Å². The SMILES string of the molecule is CS[C@@H]1OC(CO[Si](c2ccccc2)(c2ccccc2)C(C)(C)C)[C@H](O)[C@H](N=[N+]=[N-])C1C. The Hall–Kier alpha value is -1.80. The Morgan fingerprint density at radius 2 is 1.62 bits per heavy atom. The van der Waals surface area contributed by atoms with E-state index in [0.29, 0.717) is 0 Å². The third kappa shape index (κ3) is 4.76. The smallest absolute Gasteiger partial charge is 0.261 e. The molecule has 0 spiro atoms. The molecule has 2 aromatic carbocycles. The summed E-state index contributed by atoms with van der Waals surface area (Å²) in [7, 11) is -2.75. The number of aliphatic hydroxyl groups excluding tert-OH is 1. The molecule has 0 radical (unpaired) electrons. The van der Waals surface area contributed by atoms with Gasteiger partial charge in [0.25, 0.3) is 8.32 Å². The van der Waals surface area contributed by atoms with Gasteiger partial charge in [-0.1, -0.05) is 93.5 Å². The monoisotopic (exact) mass is 471 g/mol. The van der Waals surface area contributed by atoms with Crippen molar-refractivity contribution in [1.29, 1.82) is 0 Å². The molecule has 0 saturated carbocycles. The lowest BCUT2D eigenvalue weighted by Gasteiger charge is -2.46. The fourth-order valence-corrected chi connectivity index (χ4v) is 10.1. The van der Waals surface area contributed by atoms with Gasteiger partial charge >= 0.3 is 0 Å². The first-order valence-electron chi connectivity index (χ1n) is 10.9. The van der Waals surface area contributed by atoms with Gasteiger partial charge in [0, 0.05) is 10.8 Å². The number of hydrogen-bond donors (Lipinski definition) is 1. The second-order valence-corrected chi connectivity index (χ2v) is 14.5. The van der Waals surface area contributed by atoms with Crippen molar-refractivity contribution < 1.29 is 14.3 Å². The number of benzene rings is 2. The van der Waals surface area contributed by atoms with Crippen LogP contribution in [0.5, 0.6) is 0 Å². The maximum Gasteiger partial charge on any atom is 0.261 e. The van der Waals surface area contributed by atoms with Crippen LogP contribution < -0.4 is 10.4 Å². The van der Waals surface area contributed by atoms with Crippen LogP contribution in [-0.2, 0) is 9.16 Å². The van der Waals surface area contributed by atoms with E-state index in [1.54, 1.807) is 11.8 Å². The summed E-state index contributed by atoms with van der Waals surface area (Å²) in [6.07, 6.45) is 0.454. The molecule has 6 nitrogen and oxygen atoms in total. The fourth-order valence-electron chi connectivity index (χ4n) is 4.68. The lowest BCUT2D eigenvalue weighted by Crippen LogP contribution is -2.67. The van der Waals surface area contributed by atoms with E-state index in [1.165, 1.54) is 10.4 Å².